The summed E-state index contributed by atoms with van der Waals surface area (Å²) < 4.78 is 73.0. The van der Waals surface area contributed by atoms with Gasteiger partial charge in [-0.05, 0) is 53.8 Å². The van der Waals surface area contributed by atoms with Crippen molar-refractivity contribution in [1.82, 2.24) is 10.6 Å². The summed E-state index contributed by atoms with van der Waals surface area (Å²) >= 11 is 3.42. The predicted molar refractivity (Wildman–Crippen MR) is 137 cm³/mol. The van der Waals surface area contributed by atoms with Crippen molar-refractivity contribution in [3.63, 3.8) is 0 Å². The average molecular weight is 597 g/mol. The van der Waals surface area contributed by atoms with Gasteiger partial charge in [-0.25, -0.2) is 9.18 Å². The van der Waals surface area contributed by atoms with Crippen molar-refractivity contribution in [2.75, 3.05) is 0 Å². The van der Waals surface area contributed by atoms with Crippen LogP contribution < -0.4 is 15.4 Å². The molecule has 4 rings (SSSR count). The standard InChI is InChI=1S/C28H26BrF5N2O2/c29-21-10-6-9-19(13-21)27(17-18-7-2-1-3-8-18,36-26(37)35-23-11-4-5-12-23)20-14-22(30)16-24(15-20)38-28(33,34)25(31)32/h1-3,6-10,13-16,23,25H,4-5,11-12,17H2,(H2,35,36,37). The summed E-state index contributed by atoms with van der Waals surface area (Å²) in [6.07, 6.45) is -5.27. The summed E-state index contributed by atoms with van der Waals surface area (Å²) in [4.78, 5) is 13.3. The van der Waals surface area contributed by atoms with Crippen molar-refractivity contribution in [2.24, 2.45) is 0 Å². The first-order chi connectivity index (χ1) is 18.1. The van der Waals surface area contributed by atoms with Crippen LogP contribution in [0.5, 0.6) is 5.75 Å². The molecule has 4 nitrogen and oxygen atoms in total. The zero-order chi connectivity index (χ0) is 27.3. The Morgan fingerprint density at radius 1 is 0.974 bits per heavy atom. The smallest absolute Gasteiger partial charge is 0.428 e. The molecule has 0 aliphatic heterocycles. The van der Waals surface area contributed by atoms with Crippen molar-refractivity contribution in [3.8, 4) is 5.75 Å². The van der Waals surface area contributed by atoms with E-state index in [4.69, 9.17) is 0 Å². The Morgan fingerprint density at radius 3 is 2.34 bits per heavy atom. The lowest BCUT2D eigenvalue weighted by molar-refractivity contribution is -0.253. The van der Waals surface area contributed by atoms with Crippen LogP contribution in [0.4, 0.5) is 26.7 Å². The zero-order valence-corrected chi connectivity index (χ0v) is 21.8. The molecule has 10 heteroatoms. The minimum Gasteiger partial charge on any atom is -0.428 e. The van der Waals surface area contributed by atoms with Gasteiger partial charge in [-0.3, -0.25) is 0 Å². The van der Waals surface area contributed by atoms with E-state index in [1.807, 2.05) is 18.2 Å². The number of hydrogen-bond donors (Lipinski definition) is 2. The van der Waals surface area contributed by atoms with Gasteiger partial charge in [-0.15, -0.1) is 0 Å². The third-order valence-electron chi connectivity index (χ3n) is 6.52. The second-order valence-electron chi connectivity index (χ2n) is 9.30. The SMILES string of the molecule is O=C(NC1CCCC1)NC(Cc1ccccc1)(c1cccc(Br)c1)c1cc(F)cc(OC(F)(F)C(F)F)c1. The van der Waals surface area contributed by atoms with E-state index in [1.165, 1.54) is 0 Å². The Labute approximate surface area is 225 Å². The molecule has 1 saturated carbocycles. The van der Waals surface area contributed by atoms with E-state index >= 15 is 0 Å². The van der Waals surface area contributed by atoms with Crippen LogP contribution in [0, 0.1) is 5.82 Å². The highest BCUT2D eigenvalue weighted by Crippen LogP contribution is 2.38. The van der Waals surface area contributed by atoms with E-state index in [9.17, 15) is 26.7 Å². The van der Waals surface area contributed by atoms with E-state index in [2.05, 4.69) is 31.3 Å². The summed E-state index contributed by atoms with van der Waals surface area (Å²) in [6.45, 7) is 0. The molecule has 3 aromatic carbocycles. The van der Waals surface area contributed by atoms with E-state index in [1.54, 1.807) is 36.4 Å². The minimum atomic E-state index is -4.84. The van der Waals surface area contributed by atoms with Crippen molar-refractivity contribution >= 4 is 22.0 Å². The molecule has 1 aliphatic carbocycles. The maximum atomic E-state index is 14.9. The van der Waals surface area contributed by atoms with Gasteiger partial charge in [-0.2, -0.15) is 17.6 Å². The number of rotatable bonds is 9. The van der Waals surface area contributed by atoms with E-state index in [0.29, 0.717) is 16.1 Å². The number of alkyl halides is 4. The monoisotopic (exact) mass is 596 g/mol. The third-order valence-corrected chi connectivity index (χ3v) is 7.01. The second-order valence-corrected chi connectivity index (χ2v) is 10.2. The fourth-order valence-corrected chi connectivity index (χ4v) is 5.17. The molecule has 0 spiro atoms. The van der Waals surface area contributed by atoms with Crippen molar-refractivity contribution in [1.29, 1.82) is 0 Å². The lowest BCUT2D eigenvalue weighted by atomic mass is 9.77. The number of ether oxygens (including phenoxy) is 1. The van der Waals surface area contributed by atoms with Gasteiger partial charge >= 0.3 is 18.6 Å². The highest BCUT2D eigenvalue weighted by molar-refractivity contribution is 9.10. The molecular formula is C28H26BrF5N2O2. The van der Waals surface area contributed by atoms with Crippen LogP contribution in [0.2, 0.25) is 0 Å². The summed E-state index contributed by atoms with van der Waals surface area (Å²) in [7, 11) is 0. The van der Waals surface area contributed by atoms with Gasteiger partial charge in [0.25, 0.3) is 0 Å². The van der Waals surface area contributed by atoms with E-state index in [0.717, 1.165) is 43.4 Å². The molecule has 3 aromatic rings. The van der Waals surface area contributed by atoms with Gasteiger partial charge in [0.05, 0.1) is 5.54 Å². The molecule has 0 bridgehead atoms. The van der Waals surface area contributed by atoms with Gasteiger partial charge in [0.1, 0.15) is 11.6 Å². The van der Waals surface area contributed by atoms with Crippen LogP contribution in [-0.4, -0.2) is 24.6 Å². The summed E-state index contributed by atoms with van der Waals surface area (Å²) in [5.74, 6) is -1.79. The van der Waals surface area contributed by atoms with Gasteiger partial charge in [0, 0.05) is 23.0 Å². The Morgan fingerprint density at radius 2 is 1.68 bits per heavy atom. The molecule has 0 heterocycles. The van der Waals surface area contributed by atoms with Crippen LogP contribution in [-0.2, 0) is 12.0 Å². The Bertz CT molecular complexity index is 1260. The van der Waals surface area contributed by atoms with Crippen LogP contribution in [0.3, 0.4) is 0 Å². The molecule has 38 heavy (non-hydrogen) atoms. The third kappa shape index (κ3) is 6.64. The first-order valence-corrected chi connectivity index (χ1v) is 12.9. The quantitative estimate of drug-likeness (QED) is 0.250. The van der Waals surface area contributed by atoms with Crippen molar-refractivity contribution in [2.45, 2.75) is 56.2 Å². The van der Waals surface area contributed by atoms with Gasteiger partial charge in [0.15, 0.2) is 0 Å². The topological polar surface area (TPSA) is 50.4 Å². The molecular weight excluding hydrogens is 571 g/mol. The molecule has 2 N–H and O–H groups in total. The Kier molecular flexibility index (Phi) is 8.60. The van der Waals surface area contributed by atoms with Gasteiger partial charge in [-0.1, -0.05) is 71.2 Å². The highest BCUT2D eigenvalue weighted by atomic mass is 79.9. The van der Waals surface area contributed by atoms with Crippen molar-refractivity contribution < 1.29 is 31.5 Å². The minimum absolute atomic E-state index is 0.0388. The zero-order valence-electron chi connectivity index (χ0n) is 20.2. The number of carbonyl (C=O) groups excluding carboxylic acids is 1. The summed E-state index contributed by atoms with van der Waals surface area (Å²) in [5, 5.41) is 5.93. The number of carbonyl (C=O) groups is 1. The number of benzene rings is 3. The fourth-order valence-electron chi connectivity index (χ4n) is 4.77. The summed E-state index contributed by atoms with van der Waals surface area (Å²) in [5.41, 5.74) is -0.192. The number of amides is 2. The van der Waals surface area contributed by atoms with E-state index < -0.39 is 35.7 Å². The largest absolute Gasteiger partial charge is 0.461 e. The predicted octanol–water partition coefficient (Wildman–Crippen LogP) is 7.55. The normalized spacial score (nSPS) is 15.8. The lowest BCUT2D eigenvalue weighted by Crippen LogP contribution is -2.53. The number of halogens is 6. The molecule has 0 radical (unpaired) electrons. The average Bonchev–Trinajstić information content (AvgIpc) is 3.36. The van der Waals surface area contributed by atoms with Crippen LogP contribution in [0.15, 0.2) is 77.3 Å². The molecule has 1 aliphatic rings. The number of urea groups is 1. The van der Waals surface area contributed by atoms with Gasteiger partial charge < -0.3 is 15.4 Å². The maximum Gasteiger partial charge on any atom is 0.461 e. The molecule has 0 aromatic heterocycles. The van der Waals surface area contributed by atoms with Crippen LogP contribution in [0.25, 0.3) is 0 Å². The lowest BCUT2D eigenvalue weighted by Gasteiger charge is -2.37. The molecule has 0 saturated heterocycles. The van der Waals surface area contributed by atoms with E-state index in [-0.39, 0.29) is 18.0 Å². The highest BCUT2D eigenvalue weighted by Gasteiger charge is 2.45. The molecule has 202 valence electrons. The van der Waals surface area contributed by atoms with Crippen LogP contribution >= 0.6 is 15.9 Å². The maximum absolute atomic E-state index is 14.9. The molecule has 1 fully saturated rings. The van der Waals surface area contributed by atoms with Gasteiger partial charge in [0.2, 0.25) is 0 Å². The molecule has 2 amide bonds. The van der Waals surface area contributed by atoms with Crippen LogP contribution in [0.1, 0.15) is 42.4 Å². The fraction of sp³-hybridized carbons (Fsp3) is 0.321. The number of nitrogens with one attached hydrogen (secondary N) is 2. The Balaban J connectivity index is 1.87. The molecule has 1 atom stereocenters. The summed E-state index contributed by atoms with van der Waals surface area (Å²) in [6, 6.07) is 18.1. The number of hydrogen-bond acceptors (Lipinski definition) is 2. The van der Waals surface area contributed by atoms with Crippen molar-refractivity contribution in [3.05, 3.63) is 99.8 Å². The molecule has 1 unspecified atom stereocenters. The first kappa shape index (κ1) is 27.9. The second kappa shape index (κ2) is 11.7. The Hall–Kier alpha value is -3.14. The first-order valence-electron chi connectivity index (χ1n) is 12.1.